The zero-order valence-corrected chi connectivity index (χ0v) is 9.73. The van der Waals surface area contributed by atoms with Crippen molar-refractivity contribution >= 4 is 5.97 Å². The predicted octanol–water partition coefficient (Wildman–Crippen LogP) is 1.38. The van der Waals surface area contributed by atoms with Crippen LogP contribution in [-0.2, 0) is 0 Å². The highest BCUT2D eigenvalue weighted by molar-refractivity contribution is 5.87. The topological polar surface area (TPSA) is 75.3 Å². The summed E-state index contributed by atoms with van der Waals surface area (Å²) in [5, 5.41) is 12.3. The van der Waals surface area contributed by atoms with E-state index >= 15 is 0 Å². The molecule has 0 radical (unpaired) electrons. The summed E-state index contributed by atoms with van der Waals surface area (Å²) in [6.07, 6.45) is 2.16. The van der Waals surface area contributed by atoms with Crippen LogP contribution in [-0.4, -0.2) is 24.2 Å². The van der Waals surface area contributed by atoms with Gasteiger partial charge in [-0.15, -0.1) is 0 Å². The summed E-state index contributed by atoms with van der Waals surface area (Å²) >= 11 is 0. The van der Waals surface area contributed by atoms with Crippen molar-refractivity contribution in [1.29, 1.82) is 0 Å². The van der Waals surface area contributed by atoms with Crippen molar-refractivity contribution in [2.45, 2.75) is 18.9 Å². The fourth-order valence-corrected chi connectivity index (χ4v) is 2.32. The van der Waals surface area contributed by atoms with E-state index in [0.717, 1.165) is 31.5 Å². The molecule has 0 aliphatic carbocycles. The third-order valence-electron chi connectivity index (χ3n) is 3.41. The van der Waals surface area contributed by atoms with Gasteiger partial charge in [0.25, 0.3) is 0 Å². The Morgan fingerprint density at radius 2 is 2.12 bits per heavy atom. The van der Waals surface area contributed by atoms with E-state index in [1.54, 1.807) is 12.1 Å². The summed E-state index contributed by atoms with van der Waals surface area (Å²) in [7, 11) is 0. The molecule has 4 N–H and O–H groups in total. The standard InChI is InChI=1S/C13H18N2O2/c14-8-9-5-6-15-12(7-9)10-1-3-11(4-2-10)13(16)17/h1-4,9,12,15H,5-8,14H2,(H,16,17). The molecule has 1 aromatic rings. The van der Waals surface area contributed by atoms with Crippen LogP contribution in [0.4, 0.5) is 0 Å². The normalized spacial score (nSPS) is 24.5. The number of benzene rings is 1. The van der Waals surface area contributed by atoms with Gasteiger partial charge in [-0.05, 0) is 49.5 Å². The molecule has 0 aromatic heterocycles. The predicted molar refractivity (Wildman–Crippen MR) is 65.9 cm³/mol. The van der Waals surface area contributed by atoms with E-state index < -0.39 is 5.97 Å². The highest BCUT2D eigenvalue weighted by atomic mass is 16.4. The molecule has 4 heteroatoms. The van der Waals surface area contributed by atoms with Crippen LogP contribution in [0.15, 0.2) is 24.3 Å². The second-order valence-corrected chi connectivity index (χ2v) is 4.56. The SMILES string of the molecule is NCC1CCNC(c2ccc(C(=O)O)cc2)C1. The van der Waals surface area contributed by atoms with Gasteiger partial charge < -0.3 is 16.2 Å². The van der Waals surface area contributed by atoms with Crippen molar-refractivity contribution in [3.05, 3.63) is 35.4 Å². The average Bonchev–Trinajstić information content (AvgIpc) is 2.39. The molecular formula is C13H18N2O2. The summed E-state index contributed by atoms with van der Waals surface area (Å²) in [4.78, 5) is 10.8. The van der Waals surface area contributed by atoms with Gasteiger partial charge in [-0.25, -0.2) is 4.79 Å². The van der Waals surface area contributed by atoms with Crippen LogP contribution in [0.2, 0.25) is 0 Å². The van der Waals surface area contributed by atoms with Crippen molar-refractivity contribution in [2.24, 2.45) is 11.7 Å². The molecular weight excluding hydrogens is 216 g/mol. The van der Waals surface area contributed by atoms with E-state index in [4.69, 9.17) is 10.8 Å². The molecule has 2 rings (SSSR count). The van der Waals surface area contributed by atoms with Gasteiger partial charge in [0.15, 0.2) is 0 Å². The van der Waals surface area contributed by atoms with Crippen molar-refractivity contribution in [1.82, 2.24) is 5.32 Å². The maximum absolute atomic E-state index is 10.8. The number of hydrogen-bond acceptors (Lipinski definition) is 3. The van der Waals surface area contributed by atoms with E-state index in [0.29, 0.717) is 17.5 Å². The summed E-state index contributed by atoms with van der Waals surface area (Å²) in [5.41, 5.74) is 7.18. The molecule has 0 amide bonds. The zero-order valence-electron chi connectivity index (χ0n) is 9.73. The Kier molecular flexibility index (Phi) is 3.76. The van der Waals surface area contributed by atoms with Crippen LogP contribution in [0.1, 0.15) is 34.8 Å². The monoisotopic (exact) mass is 234 g/mol. The third-order valence-corrected chi connectivity index (χ3v) is 3.41. The second kappa shape index (κ2) is 5.29. The van der Waals surface area contributed by atoms with Gasteiger partial charge >= 0.3 is 5.97 Å². The molecule has 1 aliphatic rings. The molecule has 1 fully saturated rings. The summed E-state index contributed by atoms with van der Waals surface area (Å²) in [6, 6.07) is 7.40. The minimum Gasteiger partial charge on any atom is -0.478 e. The van der Waals surface area contributed by atoms with Gasteiger partial charge in [0.2, 0.25) is 0 Å². The van der Waals surface area contributed by atoms with E-state index in [9.17, 15) is 4.79 Å². The fourth-order valence-electron chi connectivity index (χ4n) is 2.32. The van der Waals surface area contributed by atoms with E-state index in [1.807, 2.05) is 12.1 Å². The van der Waals surface area contributed by atoms with Crippen LogP contribution >= 0.6 is 0 Å². The van der Waals surface area contributed by atoms with Crippen LogP contribution in [0.3, 0.4) is 0 Å². The van der Waals surface area contributed by atoms with E-state index in [2.05, 4.69) is 5.32 Å². The van der Waals surface area contributed by atoms with Gasteiger partial charge in [-0.2, -0.15) is 0 Å². The zero-order chi connectivity index (χ0) is 12.3. The van der Waals surface area contributed by atoms with Crippen LogP contribution in [0.5, 0.6) is 0 Å². The lowest BCUT2D eigenvalue weighted by molar-refractivity contribution is 0.0697. The van der Waals surface area contributed by atoms with Crippen molar-refractivity contribution < 1.29 is 9.90 Å². The maximum Gasteiger partial charge on any atom is 0.335 e. The molecule has 17 heavy (non-hydrogen) atoms. The first-order valence-corrected chi connectivity index (χ1v) is 5.97. The largest absolute Gasteiger partial charge is 0.478 e. The van der Waals surface area contributed by atoms with Crippen molar-refractivity contribution in [3.63, 3.8) is 0 Å². The van der Waals surface area contributed by atoms with E-state index in [-0.39, 0.29) is 0 Å². The van der Waals surface area contributed by atoms with Crippen LogP contribution in [0.25, 0.3) is 0 Å². The Morgan fingerprint density at radius 1 is 1.41 bits per heavy atom. The highest BCUT2D eigenvalue weighted by Crippen LogP contribution is 2.26. The Balaban J connectivity index is 2.08. The van der Waals surface area contributed by atoms with Crippen molar-refractivity contribution in [3.8, 4) is 0 Å². The Bertz CT molecular complexity index is 389. The summed E-state index contributed by atoms with van der Waals surface area (Å²) in [5.74, 6) is -0.312. The molecule has 0 bridgehead atoms. The number of nitrogens with two attached hydrogens (primary N) is 1. The quantitative estimate of drug-likeness (QED) is 0.738. The minimum atomic E-state index is -0.881. The van der Waals surface area contributed by atoms with Gasteiger partial charge in [-0.3, -0.25) is 0 Å². The smallest absolute Gasteiger partial charge is 0.335 e. The lowest BCUT2D eigenvalue weighted by Gasteiger charge is -2.30. The fraction of sp³-hybridized carbons (Fsp3) is 0.462. The maximum atomic E-state index is 10.8. The number of carbonyl (C=O) groups is 1. The van der Waals surface area contributed by atoms with Crippen molar-refractivity contribution in [2.75, 3.05) is 13.1 Å². The molecule has 1 saturated heterocycles. The number of piperidine rings is 1. The van der Waals surface area contributed by atoms with Crippen LogP contribution < -0.4 is 11.1 Å². The molecule has 2 atom stereocenters. The Morgan fingerprint density at radius 3 is 2.71 bits per heavy atom. The minimum absolute atomic E-state index is 0.306. The number of aromatic carboxylic acids is 1. The number of rotatable bonds is 3. The molecule has 0 saturated carbocycles. The highest BCUT2D eigenvalue weighted by Gasteiger charge is 2.21. The van der Waals surface area contributed by atoms with Crippen LogP contribution in [0, 0.1) is 5.92 Å². The molecule has 0 spiro atoms. The number of carboxylic acids is 1. The number of carboxylic acid groups (broad SMARTS) is 1. The summed E-state index contributed by atoms with van der Waals surface area (Å²) < 4.78 is 0. The number of hydrogen-bond donors (Lipinski definition) is 3. The first-order chi connectivity index (χ1) is 8.20. The molecule has 1 heterocycles. The third kappa shape index (κ3) is 2.84. The van der Waals surface area contributed by atoms with Gasteiger partial charge in [0.1, 0.15) is 0 Å². The molecule has 4 nitrogen and oxygen atoms in total. The average molecular weight is 234 g/mol. The lowest BCUT2D eigenvalue weighted by atomic mass is 9.88. The first-order valence-electron chi connectivity index (χ1n) is 5.97. The second-order valence-electron chi connectivity index (χ2n) is 4.56. The van der Waals surface area contributed by atoms with Gasteiger partial charge in [0.05, 0.1) is 5.56 Å². The molecule has 92 valence electrons. The Hall–Kier alpha value is -1.39. The summed E-state index contributed by atoms with van der Waals surface area (Å²) in [6.45, 7) is 1.71. The lowest BCUT2D eigenvalue weighted by Crippen LogP contribution is -2.34. The molecule has 2 unspecified atom stereocenters. The van der Waals surface area contributed by atoms with E-state index in [1.165, 1.54) is 0 Å². The van der Waals surface area contributed by atoms with Gasteiger partial charge in [-0.1, -0.05) is 12.1 Å². The first kappa shape index (κ1) is 12.1. The molecule has 1 aromatic carbocycles. The Labute approximate surface area is 101 Å². The number of nitrogens with one attached hydrogen (secondary N) is 1. The van der Waals surface area contributed by atoms with Gasteiger partial charge in [0, 0.05) is 6.04 Å². The molecule has 1 aliphatic heterocycles.